The Morgan fingerprint density at radius 3 is 1.23 bits per heavy atom. The third-order valence-electron chi connectivity index (χ3n) is 7.09. The first-order valence-corrected chi connectivity index (χ1v) is 14.0. The van der Waals surface area contributed by atoms with Gasteiger partial charge in [-0.2, -0.15) is 0 Å². The van der Waals surface area contributed by atoms with Gasteiger partial charge in [-0.05, 0) is 84.9 Å². The van der Waals surface area contributed by atoms with Crippen LogP contribution in [0.25, 0.3) is 56.7 Å². The Kier molecular flexibility index (Phi) is 6.98. The van der Waals surface area contributed by atoms with E-state index >= 15 is 0 Å². The first-order valence-electron chi connectivity index (χ1n) is 14.0. The summed E-state index contributed by atoms with van der Waals surface area (Å²) < 4.78 is 0. The molecule has 208 valence electrons. The van der Waals surface area contributed by atoms with E-state index in [0.29, 0.717) is 45.3 Å². The Labute approximate surface area is 253 Å². The molecule has 0 fully saturated rings. The van der Waals surface area contributed by atoms with E-state index < -0.39 is 0 Å². The summed E-state index contributed by atoms with van der Waals surface area (Å²) in [5.74, 6) is 0. The molecular formula is C36H24N8. The highest BCUT2D eigenvalue weighted by Crippen LogP contribution is 2.30. The van der Waals surface area contributed by atoms with Crippen LogP contribution in [-0.2, 0) is 0 Å². The Hall–Kier alpha value is -6.28. The fourth-order valence-corrected chi connectivity index (χ4v) is 4.93. The molecule has 1 aliphatic carbocycles. The Bertz CT molecular complexity index is 2100. The van der Waals surface area contributed by atoms with Crippen molar-refractivity contribution in [2.75, 3.05) is 0 Å². The Morgan fingerprint density at radius 2 is 0.750 bits per heavy atom. The lowest BCUT2D eigenvalue weighted by Crippen LogP contribution is -2.17. The number of nitrogens with zero attached hydrogens (tertiary/aromatic N) is 6. The average Bonchev–Trinajstić information content (AvgIpc) is 3.10. The summed E-state index contributed by atoms with van der Waals surface area (Å²) in [4.78, 5) is 28.2. The molecule has 0 aliphatic heterocycles. The average molecular weight is 569 g/mol. The summed E-state index contributed by atoms with van der Waals surface area (Å²) in [5.41, 5.74) is 8.52. The first-order chi connectivity index (χ1) is 21.6. The van der Waals surface area contributed by atoms with Gasteiger partial charge in [0.2, 0.25) is 0 Å². The predicted octanol–water partition coefficient (Wildman–Crippen LogP) is 7.24. The van der Waals surface area contributed by atoms with Crippen LogP contribution >= 0.6 is 0 Å². The topological polar surface area (TPSA) is 125 Å². The fraction of sp³-hybridized carbons (Fsp3) is 0. The molecule has 44 heavy (non-hydrogen) atoms. The van der Waals surface area contributed by atoms with E-state index in [1.807, 2.05) is 115 Å². The second-order valence-corrected chi connectivity index (χ2v) is 10.0. The van der Waals surface area contributed by atoms with E-state index in [-0.39, 0.29) is 11.4 Å². The molecule has 8 heteroatoms. The maximum absolute atomic E-state index is 8.71. The molecule has 0 atom stereocenters. The third kappa shape index (κ3) is 5.35. The second-order valence-electron chi connectivity index (χ2n) is 10.0. The standard InChI is InChI=1S/C36H24N8/c37-25-22-23(26-11-5-15-32(41-26)34-17-7-13-30(43-34)28-9-1-3-19-39-28)21-24(36(25)38)27-12-6-16-33(42-27)35-18-8-14-31(44-35)29-10-2-4-20-40-29/h1-22,37-38H. The lowest BCUT2D eigenvalue weighted by molar-refractivity contribution is 1.20. The minimum absolute atomic E-state index is 0.0856. The fourth-order valence-electron chi connectivity index (χ4n) is 4.93. The minimum atomic E-state index is 0.0856. The van der Waals surface area contributed by atoms with Gasteiger partial charge in [0.25, 0.3) is 0 Å². The van der Waals surface area contributed by atoms with E-state index in [1.165, 1.54) is 0 Å². The van der Waals surface area contributed by atoms with Crippen molar-refractivity contribution >= 4 is 22.6 Å². The molecule has 0 saturated heterocycles. The number of pyridine rings is 6. The van der Waals surface area contributed by atoms with Crippen LogP contribution in [-0.4, -0.2) is 41.3 Å². The number of rotatable bonds is 6. The predicted molar refractivity (Wildman–Crippen MR) is 173 cm³/mol. The lowest BCUT2D eigenvalue weighted by atomic mass is 9.91. The van der Waals surface area contributed by atoms with Gasteiger partial charge in [0, 0.05) is 23.5 Å². The molecule has 0 bridgehead atoms. The summed E-state index contributed by atoms with van der Waals surface area (Å²) in [6, 6.07) is 34.3. The normalized spacial score (nSPS) is 12.9. The monoisotopic (exact) mass is 568 g/mol. The molecule has 2 N–H and O–H groups in total. The van der Waals surface area contributed by atoms with Crippen molar-refractivity contribution in [2.24, 2.45) is 0 Å². The number of hydrogen-bond acceptors (Lipinski definition) is 8. The third-order valence-corrected chi connectivity index (χ3v) is 7.09. The molecule has 6 aromatic rings. The zero-order valence-electron chi connectivity index (χ0n) is 23.4. The van der Waals surface area contributed by atoms with Gasteiger partial charge in [-0.1, -0.05) is 36.4 Å². The molecule has 0 aromatic carbocycles. The highest BCUT2D eigenvalue weighted by Gasteiger charge is 2.21. The maximum Gasteiger partial charge on any atom is 0.0894 e. The molecule has 0 radical (unpaired) electrons. The maximum atomic E-state index is 8.71. The van der Waals surface area contributed by atoms with Crippen molar-refractivity contribution in [3.63, 3.8) is 0 Å². The van der Waals surface area contributed by atoms with E-state index in [1.54, 1.807) is 18.5 Å². The lowest BCUT2D eigenvalue weighted by Gasteiger charge is -2.16. The smallest absolute Gasteiger partial charge is 0.0894 e. The largest absolute Gasteiger partial charge is 0.299 e. The zero-order chi connectivity index (χ0) is 29.9. The van der Waals surface area contributed by atoms with Gasteiger partial charge in [0.05, 0.1) is 68.4 Å². The molecule has 0 unspecified atom stereocenters. The Balaban J connectivity index is 1.22. The van der Waals surface area contributed by atoms with E-state index in [4.69, 9.17) is 30.8 Å². The zero-order valence-corrected chi connectivity index (χ0v) is 23.4. The second kappa shape index (κ2) is 11.5. The molecule has 0 saturated carbocycles. The molecule has 0 amide bonds. The van der Waals surface area contributed by atoms with Gasteiger partial charge >= 0.3 is 0 Å². The van der Waals surface area contributed by atoms with Crippen LogP contribution in [0.3, 0.4) is 0 Å². The quantitative estimate of drug-likeness (QED) is 0.204. The summed E-state index contributed by atoms with van der Waals surface area (Å²) in [6.07, 6.45) is 7.02. The summed E-state index contributed by atoms with van der Waals surface area (Å²) in [7, 11) is 0. The van der Waals surface area contributed by atoms with Gasteiger partial charge in [-0.25, -0.2) is 19.9 Å². The summed E-state index contributed by atoms with van der Waals surface area (Å²) in [6.45, 7) is 0. The van der Waals surface area contributed by atoms with Gasteiger partial charge in [-0.15, -0.1) is 0 Å². The van der Waals surface area contributed by atoms with Gasteiger partial charge < -0.3 is 0 Å². The highest BCUT2D eigenvalue weighted by atomic mass is 14.8. The molecule has 8 nitrogen and oxygen atoms in total. The van der Waals surface area contributed by atoms with Crippen LogP contribution in [0.5, 0.6) is 0 Å². The number of hydrogen-bond donors (Lipinski definition) is 2. The van der Waals surface area contributed by atoms with Crippen LogP contribution in [0.1, 0.15) is 11.4 Å². The van der Waals surface area contributed by atoms with Crippen LogP contribution < -0.4 is 0 Å². The van der Waals surface area contributed by atoms with Crippen molar-refractivity contribution < 1.29 is 0 Å². The van der Waals surface area contributed by atoms with E-state index in [9.17, 15) is 0 Å². The van der Waals surface area contributed by atoms with Crippen molar-refractivity contribution in [3.05, 3.63) is 145 Å². The molecule has 1 aliphatic rings. The molecule has 6 heterocycles. The Morgan fingerprint density at radius 1 is 0.364 bits per heavy atom. The number of allylic oxidation sites excluding steroid dienone is 4. The van der Waals surface area contributed by atoms with E-state index in [2.05, 4.69) is 9.97 Å². The molecule has 6 aromatic heterocycles. The number of aromatic nitrogens is 6. The van der Waals surface area contributed by atoms with Crippen LogP contribution in [0.4, 0.5) is 0 Å². The summed E-state index contributed by atoms with van der Waals surface area (Å²) in [5, 5.41) is 17.3. The van der Waals surface area contributed by atoms with Crippen molar-refractivity contribution in [3.8, 4) is 45.6 Å². The van der Waals surface area contributed by atoms with Gasteiger partial charge in [0.1, 0.15) is 0 Å². The SMILES string of the molecule is N=C1C=C(c2cccc(-c3cccc(-c4ccccn4)n3)n2)C=C(c2cccc(-c3cccc(-c4ccccn4)n3)n2)C1=N. The van der Waals surface area contributed by atoms with Gasteiger partial charge in [0.15, 0.2) is 0 Å². The minimum Gasteiger partial charge on any atom is -0.299 e. The van der Waals surface area contributed by atoms with Crippen LogP contribution in [0.15, 0.2) is 134 Å². The van der Waals surface area contributed by atoms with Crippen molar-refractivity contribution in [1.82, 2.24) is 29.9 Å². The highest BCUT2D eigenvalue weighted by molar-refractivity contribution is 6.61. The number of nitrogens with one attached hydrogen (secondary N) is 2. The van der Waals surface area contributed by atoms with E-state index in [0.717, 1.165) is 22.8 Å². The van der Waals surface area contributed by atoms with Crippen molar-refractivity contribution in [1.29, 1.82) is 10.8 Å². The van der Waals surface area contributed by atoms with Gasteiger partial charge in [-0.3, -0.25) is 20.8 Å². The summed E-state index contributed by atoms with van der Waals surface area (Å²) >= 11 is 0. The van der Waals surface area contributed by atoms with Crippen LogP contribution in [0, 0.1) is 10.8 Å². The first kappa shape index (κ1) is 26.6. The van der Waals surface area contributed by atoms with Crippen molar-refractivity contribution in [2.45, 2.75) is 0 Å². The van der Waals surface area contributed by atoms with Crippen LogP contribution in [0.2, 0.25) is 0 Å². The molecular weight excluding hydrogens is 544 g/mol. The molecule has 7 rings (SSSR count). The molecule has 0 spiro atoms.